The van der Waals surface area contributed by atoms with E-state index in [4.69, 9.17) is 20.3 Å². The van der Waals surface area contributed by atoms with Crippen molar-refractivity contribution >= 4 is 18.7 Å². The predicted octanol–water partition coefficient (Wildman–Crippen LogP) is 3.26. The fourth-order valence-corrected chi connectivity index (χ4v) is 2.99. The molecule has 0 bridgehead atoms. The molecule has 0 spiro atoms. The molecule has 0 aliphatic rings. The van der Waals surface area contributed by atoms with Crippen molar-refractivity contribution in [2.24, 2.45) is 5.73 Å². The van der Waals surface area contributed by atoms with Crippen LogP contribution in [0.1, 0.15) is 51.8 Å². The quantitative estimate of drug-likeness (QED) is 0.389. The normalized spacial score (nSPS) is 14.3. The molecule has 1 aromatic carbocycles. The van der Waals surface area contributed by atoms with Crippen LogP contribution < -0.4 is 10.5 Å². The van der Waals surface area contributed by atoms with E-state index < -0.39 is 20.0 Å². The van der Waals surface area contributed by atoms with Crippen molar-refractivity contribution in [2.75, 3.05) is 13.2 Å². The van der Waals surface area contributed by atoms with Gasteiger partial charge in [0.05, 0.1) is 24.3 Å². The van der Waals surface area contributed by atoms with Gasteiger partial charge < -0.3 is 20.3 Å². The summed E-state index contributed by atoms with van der Waals surface area (Å²) in [5, 5.41) is 0.800. The Morgan fingerprint density at radius 2 is 1.96 bits per heavy atom. The fourth-order valence-electron chi connectivity index (χ4n) is 2.55. The van der Waals surface area contributed by atoms with Crippen molar-refractivity contribution in [1.29, 1.82) is 0 Å². The minimum absolute atomic E-state index is 0.244. The Kier molecular flexibility index (Phi) is 7.70. The number of fused-ring (bicyclic) bond motifs is 1. The zero-order valence-corrected chi connectivity index (χ0v) is 16.7. The van der Waals surface area contributed by atoms with Crippen molar-refractivity contribution in [3.63, 3.8) is 0 Å². The number of hydrogen-bond acceptors (Lipinski definition) is 6. The van der Waals surface area contributed by atoms with Gasteiger partial charge in [-0.2, -0.15) is 0 Å². The zero-order valence-electron chi connectivity index (χ0n) is 15.8. The number of benzene rings is 1. The molecule has 0 radical (unpaired) electrons. The molecule has 1 atom stereocenters. The zero-order chi connectivity index (χ0) is 19.9. The molecule has 150 valence electrons. The summed E-state index contributed by atoms with van der Waals surface area (Å²) in [5.74, 6) is 1.00. The number of phosphoric ester groups is 1. The van der Waals surface area contributed by atoms with Crippen LogP contribution in [-0.4, -0.2) is 33.0 Å². The van der Waals surface area contributed by atoms with E-state index in [9.17, 15) is 4.57 Å². The van der Waals surface area contributed by atoms with Gasteiger partial charge in [0.2, 0.25) is 0 Å². The number of hydrogen-bond donors (Lipinski definition) is 3. The minimum atomic E-state index is -4.61. The number of nitrogens with two attached hydrogens (primary N) is 1. The van der Waals surface area contributed by atoms with Crippen molar-refractivity contribution < 1.29 is 23.6 Å². The minimum Gasteiger partial charge on any atom is -0.494 e. The number of phosphoric acid groups is 1. The van der Waals surface area contributed by atoms with Crippen LogP contribution in [-0.2, 0) is 14.6 Å². The number of ether oxygens (including phenoxy) is 1. The largest absolute Gasteiger partial charge is 0.494 e. The second kappa shape index (κ2) is 9.57. The predicted molar refractivity (Wildman–Crippen MR) is 103 cm³/mol. The molecule has 1 heterocycles. The highest BCUT2D eigenvalue weighted by Crippen LogP contribution is 2.37. The Morgan fingerprint density at radius 1 is 1.22 bits per heavy atom. The van der Waals surface area contributed by atoms with Crippen LogP contribution in [0.4, 0.5) is 0 Å². The molecular formula is C18H28N3O5P. The highest BCUT2D eigenvalue weighted by atomic mass is 31.2. The first-order valence-electron chi connectivity index (χ1n) is 9.10. The molecule has 4 N–H and O–H groups in total. The summed E-state index contributed by atoms with van der Waals surface area (Å²) < 4.78 is 21.2. The van der Waals surface area contributed by atoms with E-state index in [1.54, 1.807) is 13.1 Å². The summed E-state index contributed by atoms with van der Waals surface area (Å²) in [6.07, 6.45) is 7.53. The monoisotopic (exact) mass is 397 g/mol. The van der Waals surface area contributed by atoms with E-state index in [0.717, 1.165) is 17.6 Å². The Morgan fingerprint density at radius 3 is 2.67 bits per heavy atom. The first-order valence-corrected chi connectivity index (χ1v) is 10.6. The van der Waals surface area contributed by atoms with Crippen LogP contribution in [0.2, 0.25) is 0 Å². The third-order valence-electron chi connectivity index (χ3n) is 4.11. The summed E-state index contributed by atoms with van der Waals surface area (Å²) >= 11 is 0. The van der Waals surface area contributed by atoms with Crippen LogP contribution in [0, 0.1) is 0 Å². The molecule has 0 aliphatic carbocycles. The lowest BCUT2D eigenvalue weighted by molar-refractivity contribution is 0.155. The van der Waals surface area contributed by atoms with Gasteiger partial charge in [0.15, 0.2) is 5.82 Å². The maximum absolute atomic E-state index is 10.9. The maximum atomic E-state index is 10.9. The van der Waals surface area contributed by atoms with Gasteiger partial charge >= 0.3 is 7.82 Å². The third-order valence-corrected chi connectivity index (χ3v) is 4.58. The smallest absolute Gasteiger partial charge is 0.469 e. The van der Waals surface area contributed by atoms with Crippen molar-refractivity contribution in [3.05, 3.63) is 30.2 Å². The van der Waals surface area contributed by atoms with Crippen molar-refractivity contribution in [1.82, 2.24) is 9.97 Å². The molecular weight excluding hydrogens is 369 g/mol. The Balaban J connectivity index is 2.00. The standard InChI is InChI=1S/C18H28N3O5P/c1-3-4-5-6-7-10-25-15-8-9-16-14(11-15)12-20-17(21-16)18(2,19)13-26-27(22,23)24/h8-9,11-12H,3-7,10,13,19H2,1-2H3,(H2,22,23,24). The first-order chi connectivity index (χ1) is 12.7. The molecule has 1 unspecified atom stereocenters. The number of rotatable bonds is 11. The molecule has 9 heteroatoms. The van der Waals surface area contributed by atoms with E-state index in [0.29, 0.717) is 12.1 Å². The fraction of sp³-hybridized carbons (Fsp3) is 0.556. The number of nitrogens with zero attached hydrogens (tertiary/aromatic N) is 2. The first kappa shape index (κ1) is 21.7. The summed E-state index contributed by atoms with van der Waals surface area (Å²) in [4.78, 5) is 26.3. The second-order valence-corrected chi connectivity index (χ2v) is 8.10. The SMILES string of the molecule is CCCCCCCOc1ccc2nc(C(C)(N)COP(=O)(O)O)ncc2c1. The number of unbranched alkanes of at least 4 members (excludes halogenated alkanes) is 4. The Hall–Kier alpha value is -1.57. The van der Waals surface area contributed by atoms with Crippen LogP contribution in [0.3, 0.4) is 0 Å². The number of aromatic nitrogens is 2. The lowest BCUT2D eigenvalue weighted by Crippen LogP contribution is -2.39. The molecule has 0 aliphatic heterocycles. The Labute approximate surface area is 159 Å². The maximum Gasteiger partial charge on any atom is 0.469 e. The lowest BCUT2D eigenvalue weighted by atomic mass is 10.0. The van der Waals surface area contributed by atoms with E-state index in [2.05, 4.69) is 21.4 Å². The molecule has 0 fully saturated rings. The molecule has 0 amide bonds. The van der Waals surface area contributed by atoms with Crippen molar-refractivity contribution in [3.8, 4) is 5.75 Å². The topological polar surface area (TPSA) is 128 Å². The second-order valence-electron chi connectivity index (χ2n) is 6.86. The van der Waals surface area contributed by atoms with Crippen molar-refractivity contribution in [2.45, 2.75) is 51.5 Å². The van der Waals surface area contributed by atoms with E-state index >= 15 is 0 Å². The van der Waals surface area contributed by atoms with Crippen LogP contribution >= 0.6 is 7.82 Å². The summed E-state index contributed by atoms with van der Waals surface area (Å²) in [5.41, 5.74) is 5.50. The van der Waals surface area contributed by atoms with Gasteiger partial charge in [0, 0.05) is 11.6 Å². The van der Waals surface area contributed by atoms with Gasteiger partial charge in [-0.3, -0.25) is 4.52 Å². The average molecular weight is 397 g/mol. The Bertz CT molecular complexity index is 794. The lowest BCUT2D eigenvalue weighted by Gasteiger charge is -2.23. The molecule has 8 nitrogen and oxygen atoms in total. The van der Waals surface area contributed by atoms with Gasteiger partial charge in [0.1, 0.15) is 5.75 Å². The van der Waals surface area contributed by atoms with Crippen LogP contribution in [0.25, 0.3) is 10.9 Å². The van der Waals surface area contributed by atoms with Gasteiger partial charge in [-0.05, 0) is 31.5 Å². The van der Waals surface area contributed by atoms with Gasteiger partial charge in [0.25, 0.3) is 0 Å². The molecule has 2 rings (SSSR count). The molecule has 0 saturated heterocycles. The highest BCUT2D eigenvalue weighted by molar-refractivity contribution is 7.46. The van der Waals surface area contributed by atoms with E-state index in [1.807, 2.05) is 18.2 Å². The average Bonchev–Trinajstić information content (AvgIpc) is 2.62. The van der Waals surface area contributed by atoms with Gasteiger partial charge in [-0.1, -0.05) is 32.6 Å². The van der Waals surface area contributed by atoms with Crippen LogP contribution in [0.15, 0.2) is 24.4 Å². The summed E-state index contributed by atoms with van der Waals surface area (Å²) in [7, 11) is -4.61. The molecule has 0 saturated carbocycles. The molecule has 27 heavy (non-hydrogen) atoms. The van der Waals surface area contributed by atoms with Gasteiger partial charge in [-0.25, -0.2) is 14.5 Å². The van der Waals surface area contributed by atoms with E-state index in [1.165, 1.54) is 25.7 Å². The highest BCUT2D eigenvalue weighted by Gasteiger charge is 2.29. The molecule has 2 aromatic rings. The molecule has 1 aromatic heterocycles. The van der Waals surface area contributed by atoms with Gasteiger partial charge in [-0.15, -0.1) is 0 Å². The van der Waals surface area contributed by atoms with Crippen LogP contribution in [0.5, 0.6) is 5.75 Å². The summed E-state index contributed by atoms with van der Waals surface area (Å²) in [6, 6.07) is 5.52. The summed E-state index contributed by atoms with van der Waals surface area (Å²) in [6.45, 7) is 4.02. The third kappa shape index (κ3) is 7.16. The van der Waals surface area contributed by atoms with E-state index in [-0.39, 0.29) is 5.82 Å².